The van der Waals surface area contributed by atoms with Gasteiger partial charge in [-0.15, -0.1) is 0 Å². The Hall–Kier alpha value is -4.21. The van der Waals surface area contributed by atoms with Gasteiger partial charge in [-0.25, -0.2) is 9.97 Å². The summed E-state index contributed by atoms with van der Waals surface area (Å²) < 4.78 is 5.16. The van der Waals surface area contributed by atoms with Crippen molar-refractivity contribution in [2.75, 3.05) is 50.8 Å². The average molecular weight is 636 g/mol. The zero-order valence-corrected chi connectivity index (χ0v) is 27.2. The van der Waals surface area contributed by atoms with Gasteiger partial charge in [-0.3, -0.25) is 14.5 Å². The van der Waals surface area contributed by atoms with Gasteiger partial charge in [0.2, 0.25) is 0 Å². The number of piperazine rings is 1. The molecule has 0 unspecified atom stereocenters. The number of carbonyl (C=O) groups excluding carboxylic acids is 2. The summed E-state index contributed by atoms with van der Waals surface area (Å²) in [6.07, 6.45) is 1.29. The summed E-state index contributed by atoms with van der Waals surface area (Å²) in [4.78, 5) is 41.9. The van der Waals surface area contributed by atoms with Gasteiger partial charge < -0.3 is 14.5 Å². The van der Waals surface area contributed by atoms with Gasteiger partial charge in [0.15, 0.2) is 5.16 Å². The second-order valence-electron chi connectivity index (χ2n) is 11.8. The third-order valence-electron chi connectivity index (χ3n) is 8.68. The Bertz CT molecular complexity index is 1590. The van der Waals surface area contributed by atoms with E-state index in [0.717, 1.165) is 60.5 Å². The fourth-order valence-corrected chi connectivity index (χ4v) is 6.83. The number of rotatable bonds is 10. The lowest BCUT2D eigenvalue weighted by molar-refractivity contribution is -0.149. The van der Waals surface area contributed by atoms with Gasteiger partial charge >= 0.3 is 5.97 Å². The van der Waals surface area contributed by atoms with Gasteiger partial charge in [0.05, 0.1) is 18.2 Å². The first kappa shape index (κ1) is 31.8. The van der Waals surface area contributed by atoms with E-state index in [1.807, 2.05) is 54.3 Å². The molecule has 3 heterocycles. The highest BCUT2D eigenvalue weighted by Crippen LogP contribution is 2.29. The van der Waals surface area contributed by atoms with Crippen LogP contribution in [0.5, 0.6) is 0 Å². The number of carbonyl (C=O) groups is 2. The molecule has 0 N–H and O–H groups in total. The van der Waals surface area contributed by atoms with Crippen molar-refractivity contribution in [3.63, 3.8) is 0 Å². The van der Waals surface area contributed by atoms with Gasteiger partial charge in [-0.05, 0) is 43.0 Å². The smallest absolute Gasteiger partial charge is 0.309 e. The molecule has 0 radical (unpaired) electrons. The molecule has 2 fully saturated rings. The molecule has 9 heteroatoms. The number of nitrogens with zero attached hydrogens (tertiary/aromatic N) is 5. The van der Waals surface area contributed by atoms with Crippen molar-refractivity contribution in [1.29, 1.82) is 0 Å². The van der Waals surface area contributed by atoms with Gasteiger partial charge in [-0.1, -0.05) is 84.6 Å². The first-order valence-corrected chi connectivity index (χ1v) is 17.2. The first-order chi connectivity index (χ1) is 22.6. The molecule has 46 heavy (non-hydrogen) atoms. The van der Waals surface area contributed by atoms with Crippen molar-refractivity contribution >= 4 is 29.5 Å². The molecule has 3 aromatic carbocycles. The number of likely N-dealkylation sites (tertiary alicyclic amines) is 1. The van der Waals surface area contributed by atoms with Crippen LogP contribution < -0.4 is 4.90 Å². The van der Waals surface area contributed by atoms with Gasteiger partial charge in [-0.2, -0.15) is 0 Å². The number of benzene rings is 3. The van der Waals surface area contributed by atoms with Crippen molar-refractivity contribution < 1.29 is 14.3 Å². The minimum atomic E-state index is -0.150. The maximum atomic E-state index is 13.1. The number of anilines is 1. The third-order valence-corrected chi connectivity index (χ3v) is 9.60. The molecule has 2 aliphatic heterocycles. The summed E-state index contributed by atoms with van der Waals surface area (Å²) in [7, 11) is 0. The highest BCUT2D eigenvalue weighted by molar-refractivity contribution is 7.98. The van der Waals surface area contributed by atoms with Gasteiger partial charge in [0.1, 0.15) is 5.82 Å². The van der Waals surface area contributed by atoms with Crippen LogP contribution in [0, 0.1) is 5.92 Å². The third kappa shape index (κ3) is 8.13. The molecule has 0 aliphatic carbocycles. The van der Waals surface area contributed by atoms with Crippen LogP contribution >= 0.6 is 11.8 Å². The van der Waals surface area contributed by atoms with Crippen LogP contribution in [0.15, 0.2) is 96.2 Å². The van der Waals surface area contributed by atoms with Crippen molar-refractivity contribution in [3.8, 4) is 11.3 Å². The lowest BCUT2D eigenvalue weighted by Crippen LogP contribution is -2.46. The van der Waals surface area contributed by atoms with Gasteiger partial charge in [0.25, 0.3) is 5.91 Å². The lowest BCUT2D eigenvalue weighted by atomic mass is 9.96. The Labute approximate surface area is 275 Å². The SMILES string of the molecule is CCOC(=O)C1CCN(C(=O)c2ccc(CSc3nc(-c4ccccc4)cc(N4CCN(Cc5ccccc5)CC4)n3)cc2)CC1. The molecule has 2 aliphatic rings. The molecule has 0 spiro atoms. The van der Waals surface area contributed by atoms with E-state index in [0.29, 0.717) is 43.9 Å². The van der Waals surface area contributed by atoms with Crippen molar-refractivity contribution in [3.05, 3.63) is 108 Å². The molecule has 0 bridgehead atoms. The van der Waals surface area contributed by atoms with Crippen LogP contribution in [0.25, 0.3) is 11.3 Å². The fourth-order valence-electron chi connectivity index (χ4n) is 6.03. The second-order valence-corrected chi connectivity index (χ2v) is 12.8. The predicted molar refractivity (Wildman–Crippen MR) is 183 cm³/mol. The number of amides is 1. The largest absolute Gasteiger partial charge is 0.466 e. The summed E-state index contributed by atoms with van der Waals surface area (Å²) in [6.45, 7) is 8.11. The van der Waals surface area contributed by atoms with Gasteiger partial charge in [0, 0.05) is 68.8 Å². The topological polar surface area (TPSA) is 78.9 Å². The summed E-state index contributed by atoms with van der Waals surface area (Å²) >= 11 is 1.61. The van der Waals surface area contributed by atoms with E-state index in [-0.39, 0.29) is 17.8 Å². The predicted octanol–water partition coefficient (Wildman–Crippen LogP) is 6.17. The summed E-state index contributed by atoms with van der Waals surface area (Å²) in [5, 5.41) is 0.743. The molecular formula is C37H41N5O3S. The average Bonchev–Trinajstić information content (AvgIpc) is 3.12. The molecule has 4 aromatic rings. The molecule has 8 nitrogen and oxygen atoms in total. The van der Waals surface area contributed by atoms with Crippen molar-refractivity contribution in [1.82, 2.24) is 19.8 Å². The number of ether oxygens (including phenoxy) is 1. The van der Waals surface area contributed by atoms with E-state index < -0.39 is 0 Å². The van der Waals surface area contributed by atoms with E-state index in [1.165, 1.54) is 5.56 Å². The maximum Gasteiger partial charge on any atom is 0.309 e. The highest BCUT2D eigenvalue weighted by atomic mass is 32.2. The van der Waals surface area contributed by atoms with E-state index in [1.54, 1.807) is 11.8 Å². The molecular weight excluding hydrogens is 595 g/mol. The first-order valence-electron chi connectivity index (χ1n) is 16.2. The number of hydrogen-bond acceptors (Lipinski definition) is 8. The number of piperidine rings is 1. The molecule has 0 saturated carbocycles. The lowest BCUT2D eigenvalue weighted by Gasteiger charge is -2.35. The molecule has 6 rings (SSSR count). The minimum Gasteiger partial charge on any atom is -0.466 e. The molecule has 1 aromatic heterocycles. The second kappa shape index (κ2) is 15.4. The Balaban J connectivity index is 1.09. The quantitative estimate of drug-likeness (QED) is 0.116. The molecule has 238 valence electrons. The molecule has 2 saturated heterocycles. The number of aromatic nitrogens is 2. The monoisotopic (exact) mass is 635 g/mol. The van der Waals surface area contributed by atoms with Crippen molar-refractivity contribution in [2.45, 2.75) is 37.2 Å². The van der Waals surface area contributed by atoms with Crippen LogP contribution in [0.1, 0.15) is 41.3 Å². The number of hydrogen-bond donors (Lipinski definition) is 0. The fraction of sp³-hybridized carbons (Fsp3) is 0.351. The zero-order valence-electron chi connectivity index (χ0n) is 26.4. The number of esters is 1. The Kier molecular flexibility index (Phi) is 10.6. The van der Waals surface area contributed by atoms with Crippen LogP contribution in [0.2, 0.25) is 0 Å². The highest BCUT2D eigenvalue weighted by Gasteiger charge is 2.28. The Morgan fingerprint density at radius 2 is 1.48 bits per heavy atom. The minimum absolute atomic E-state index is 0.00825. The van der Waals surface area contributed by atoms with E-state index in [4.69, 9.17) is 14.7 Å². The van der Waals surface area contributed by atoms with Crippen molar-refractivity contribution in [2.24, 2.45) is 5.92 Å². The van der Waals surface area contributed by atoms with E-state index in [2.05, 4.69) is 58.3 Å². The van der Waals surface area contributed by atoms with Crippen LogP contribution in [0.3, 0.4) is 0 Å². The van der Waals surface area contributed by atoms with Crippen LogP contribution in [0.4, 0.5) is 5.82 Å². The van der Waals surface area contributed by atoms with Crippen LogP contribution in [-0.2, 0) is 21.8 Å². The normalized spacial score (nSPS) is 15.9. The Morgan fingerprint density at radius 1 is 0.804 bits per heavy atom. The molecule has 1 amide bonds. The summed E-state index contributed by atoms with van der Waals surface area (Å²) in [5.41, 5.74) is 5.11. The Morgan fingerprint density at radius 3 is 2.15 bits per heavy atom. The summed E-state index contributed by atoms with van der Waals surface area (Å²) in [5.74, 6) is 1.40. The maximum absolute atomic E-state index is 13.1. The van der Waals surface area contributed by atoms with Crippen LogP contribution in [-0.4, -0.2) is 77.5 Å². The van der Waals surface area contributed by atoms with E-state index in [9.17, 15) is 9.59 Å². The molecule has 0 atom stereocenters. The number of thioether (sulfide) groups is 1. The van der Waals surface area contributed by atoms with E-state index >= 15 is 0 Å². The summed E-state index contributed by atoms with van der Waals surface area (Å²) in [6, 6.07) is 30.9. The standard InChI is InChI=1S/C37H41N5O3S/c1-2-45-36(44)32-17-19-42(20-18-32)35(43)31-15-13-29(14-16-31)27-46-37-38-33(30-11-7-4-8-12-30)25-34(39-37)41-23-21-40(22-24-41)26-28-9-5-3-6-10-28/h3-16,25,32H,2,17-24,26-27H2,1H3. The zero-order chi connectivity index (χ0) is 31.7.